The van der Waals surface area contributed by atoms with Gasteiger partial charge in [0.25, 0.3) is 0 Å². The summed E-state index contributed by atoms with van der Waals surface area (Å²) in [6, 6.07) is 4.41. The van der Waals surface area contributed by atoms with Gasteiger partial charge in [-0.2, -0.15) is 8.42 Å². The molecule has 0 aliphatic heterocycles. The molecule has 76 valence electrons. The van der Waals surface area contributed by atoms with E-state index >= 15 is 0 Å². The molecule has 0 fully saturated rings. The van der Waals surface area contributed by atoms with Gasteiger partial charge in [0.1, 0.15) is 11.6 Å². The van der Waals surface area contributed by atoms with E-state index in [0.29, 0.717) is 0 Å². The van der Waals surface area contributed by atoms with E-state index in [2.05, 4.69) is 0 Å². The Morgan fingerprint density at radius 2 is 2.00 bits per heavy atom. The molecule has 0 aliphatic carbocycles. The van der Waals surface area contributed by atoms with Crippen LogP contribution in [0.4, 0.5) is 8.28 Å². The third kappa shape index (κ3) is 3.21. The van der Waals surface area contributed by atoms with Gasteiger partial charge in [-0.05, 0) is 12.1 Å². The molecule has 0 spiro atoms. The third-order valence-electron chi connectivity index (χ3n) is 1.45. The molecule has 14 heavy (non-hydrogen) atoms. The lowest BCUT2D eigenvalue weighted by Gasteiger charge is -1.97. The van der Waals surface area contributed by atoms with Crippen LogP contribution in [-0.2, 0) is 10.2 Å². The van der Waals surface area contributed by atoms with Gasteiger partial charge in [0.2, 0.25) is 0 Å². The van der Waals surface area contributed by atoms with Crippen molar-refractivity contribution in [1.29, 1.82) is 0 Å². The number of halogens is 2. The fraction of sp³-hybridized carbons (Fsp3) is 0.125. The van der Waals surface area contributed by atoms with Crippen LogP contribution >= 0.6 is 0 Å². The molecule has 1 rings (SSSR count). The van der Waals surface area contributed by atoms with Gasteiger partial charge in [0, 0.05) is 5.56 Å². The largest absolute Gasteiger partial charge is 0.309 e. The van der Waals surface area contributed by atoms with E-state index in [1.807, 2.05) is 0 Å². The van der Waals surface area contributed by atoms with E-state index in [1.54, 1.807) is 0 Å². The number of benzene rings is 1. The van der Waals surface area contributed by atoms with Crippen LogP contribution in [0.2, 0.25) is 0 Å². The molecule has 1 aromatic carbocycles. The number of ketones is 1. The Bertz CT molecular complexity index is 453. The first-order valence-corrected chi connectivity index (χ1v) is 5.15. The Kier molecular flexibility index (Phi) is 2.95. The van der Waals surface area contributed by atoms with Gasteiger partial charge >= 0.3 is 10.2 Å². The molecule has 3 nitrogen and oxygen atoms in total. The summed E-state index contributed by atoms with van der Waals surface area (Å²) >= 11 is 0. The van der Waals surface area contributed by atoms with Crippen LogP contribution in [0.3, 0.4) is 0 Å². The van der Waals surface area contributed by atoms with Crippen LogP contribution in [0, 0.1) is 5.82 Å². The van der Waals surface area contributed by atoms with Gasteiger partial charge in [-0.15, -0.1) is 3.89 Å². The van der Waals surface area contributed by atoms with Gasteiger partial charge in [-0.25, -0.2) is 4.39 Å². The third-order valence-corrected chi connectivity index (χ3v) is 2.06. The molecular weight excluding hydrogens is 214 g/mol. The smallest absolute Gasteiger partial charge is 0.293 e. The van der Waals surface area contributed by atoms with E-state index < -0.39 is 27.6 Å². The molecule has 0 saturated carbocycles. The summed E-state index contributed by atoms with van der Waals surface area (Å²) in [7, 11) is -4.86. The molecule has 0 unspecified atom stereocenters. The monoisotopic (exact) mass is 220 g/mol. The van der Waals surface area contributed by atoms with E-state index in [-0.39, 0.29) is 5.56 Å². The van der Waals surface area contributed by atoms with E-state index in [9.17, 15) is 21.5 Å². The molecule has 0 aromatic heterocycles. The lowest BCUT2D eigenvalue weighted by molar-refractivity contribution is 0.102. The number of carbonyl (C=O) groups is 1. The zero-order chi connectivity index (χ0) is 10.8. The van der Waals surface area contributed by atoms with Crippen molar-refractivity contribution in [2.45, 2.75) is 0 Å². The van der Waals surface area contributed by atoms with Crippen molar-refractivity contribution in [2.24, 2.45) is 0 Å². The maximum Gasteiger partial charge on any atom is 0.309 e. The first-order chi connectivity index (χ1) is 6.38. The molecular formula is C8H6F2O3S. The first-order valence-electron chi connectivity index (χ1n) is 3.59. The normalized spacial score (nSPS) is 11.3. The van der Waals surface area contributed by atoms with Gasteiger partial charge < -0.3 is 0 Å². The maximum atomic E-state index is 12.6. The standard InChI is InChI=1S/C8H6F2O3S/c9-7-3-1-2-6(4-7)8(11)5-14(10,12)13/h1-4H,5H2. The van der Waals surface area contributed by atoms with Crippen molar-refractivity contribution in [3.63, 3.8) is 0 Å². The summed E-state index contributed by atoms with van der Waals surface area (Å²) in [6.45, 7) is 0. The Morgan fingerprint density at radius 1 is 1.36 bits per heavy atom. The lowest BCUT2D eigenvalue weighted by Crippen LogP contribution is -2.12. The topological polar surface area (TPSA) is 51.2 Å². The quantitative estimate of drug-likeness (QED) is 0.570. The predicted molar refractivity (Wildman–Crippen MR) is 45.6 cm³/mol. The average molecular weight is 220 g/mol. The highest BCUT2D eigenvalue weighted by Gasteiger charge is 2.16. The first kappa shape index (κ1) is 10.8. The van der Waals surface area contributed by atoms with Crippen molar-refractivity contribution in [3.05, 3.63) is 35.6 Å². The highest BCUT2D eigenvalue weighted by atomic mass is 32.3. The van der Waals surface area contributed by atoms with Crippen LogP contribution in [0.15, 0.2) is 24.3 Å². The Labute approximate surface area is 79.6 Å². The molecule has 1 aromatic rings. The van der Waals surface area contributed by atoms with E-state index in [1.165, 1.54) is 12.1 Å². The second-order valence-electron chi connectivity index (χ2n) is 2.62. The second-order valence-corrected chi connectivity index (χ2v) is 3.98. The fourth-order valence-corrected chi connectivity index (χ4v) is 1.38. The van der Waals surface area contributed by atoms with Crippen molar-refractivity contribution in [1.82, 2.24) is 0 Å². The van der Waals surface area contributed by atoms with Gasteiger partial charge in [-0.1, -0.05) is 12.1 Å². The summed E-state index contributed by atoms with van der Waals surface area (Å²) in [5, 5.41) is 0. The van der Waals surface area contributed by atoms with Gasteiger partial charge in [-0.3, -0.25) is 4.79 Å². The molecule has 0 radical (unpaired) electrons. The van der Waals surface area contributed by atoms with Crippen molar-refractivity contribution in [2.75, 3.05) is 5.75 Å². The minimum Gasteiger partial charge on any atom is -0.293 e. The molecule has 0 bridgehead atoms. The van der Waals surface area contributed by atoms with E-state index in [4.69, 9.17) is 0 Å². The van der Waals surface area contributed by atoms with Crippen molar-refractivity contribution >= 4 is 16.0 Å². The molecule has 0 N–H and O–H groups in total. The molecule has 0 aliphatic rings. The number of Topliss-reactive ketones (excluding diaryl/α,β-unsaturated/α-hetero) is 1. The van der Waals surface area contributed by atoms with Crippen LogP contribution in [0.1, 0.15) is 10.4 Å². The van der Waals surface area contributed by atoms with Crippen LogP contribution < -0.4 is 0 Å². The minimum absolute atomic E-state index is 0.161. The van der Waals surface area contributed by atoms with Gasteiger partial charge in [0.05, 0.1) is 0 Å². The highest BCUT2D eigenvalue weighted by Crippen LogP contribution is 2.06. The number of hydrogen-bond donors (Lipinski definition) is 0. The van der Waals surface area contributed by atoms with Crippen molar-refractivity contribution < 1.29 is 21.5 Å². The van der Waals surface area contributed by atoms with Crippen molar-refractivity contribution in [3.8, 4) is 0 Å². The van der Waals surface area contributed by atoms with Crippen LogP contribution in [-0.4, -0.2) is 20.0 Å². The summed E-state index contributed by atoms with van der Waals surface area (Å²) in [5.74, 6) is -2.89. The maximum absolute atomic E-state index is 12.6. The Morgan fingerprint density at radius 3 is 2.50 bits per heavy atom. The number of hydrogen-bond acceptors (Lipinski definition) is 3. The minimum atomic E-state index is -4.86. The van der Waals surface area contributed by atoms with E-state index in [0.717, 1.165) is 12.1 Å². The molecule has 0 atom stereocenters. The molecule has 0 heterocycles. The number of carbonyl (C=O) groups excluding carboxylic acids is 1. The summed E-state index contributed by atoms with van der Waals surface area (Å²) in [5.41, 5.74) is -0.161. The average Bonchev–Trinajstić information content (AvgIpc) is 2.01. The summed E-state index contributed by atoms with van der Waals surface area (Å²) in [6.07, 6.45) is 0. The highest BCUT2D eigenvalue weighted by molar-refractivity contribution is 7.87. The van der Waals surface area contributed by atoms with Crippen LogP contribution in [0.25, 0.3) is 0 Å². The van der Waals surface area contributed by atoms with Crippen LogP contribution in [0.5, 0.6) is 0 Å². The lowest BCUT2D eigenvalue weighted by atomic mass is 10.1. The zero-order valence-electron chi connectivity index (χ0n) is 6.91. The summed E-state index contributed by atoms with van der Waals surface area (Å²) in [4.78, 5) is 11.0. The number of rotatable bonds is 3. The van der Waals surface area contributed by atoms with Gasteiger partial charge in [0.15, 0.2) is 5.78 Å². The summed E-state index contributed by atoms with van der Waals surface area (Å²) < 4.78 is 44.9. The molecule has 0 saturated heterocycles. The Hall–Kier alpha value is -1.30. The SMILES string of the molecule is O=C(CS(=O)(=O)F)c1cccc(F)c1. The predicted octanol–water partition coefficient (Wildman–Crippen LogP) is 1.31. The second kappa shape index (κ2) is 3.83. The molecule has 6 heteroatoms. The fourth-order valence-electron chi connectivity index (χ4n) is 0.902. The Balaban J connectivity index is 2.91. The zero-order valence-corrected chi connectivity index (χ0v) is 7.72. The molecule has 0 amide bonds.